The summed E-state index contributed by atoms with van der Waals surface area (Å²) in [6, 6.07) is -0.711. The summed E-state index contributed by atoms with van der Waals surface area (Å²) < 4.78 is 11.3. The Kier molecular flexibility index (Phi) is 35.6. The van der Waals surface area contributed by atoms with Crippen molar-refractivity contribution in [3.63, 3.8) is 0 Å². The van der Waals surface area contributed by atoms with E-state index in [-0.39, 0.29) is 12.5 Å². The summed E-state index contributed by atoms with van der Waals surface area (Å²) in [5, 5.41) is 54.4. The normalized spacial score (nSPS) is 21.2. The van der Waals surface area contributed by atoms with Crippen LogP contribution >= 0.6 is 0 Å². The molecule has 9 heteroatoms. The molecule has 1 fully saturated rings. The molecule has 0 saturated carbocycles. The molecule has 1 rings (SSSR count). The fourth-order valence-corrected chi connectivity index (χ4v) is 7.87. The van der Waals surface area contributed by atoms with Crippen LogP contribution in [0, 0.1) is 0 Å². The topological polar surface area (TPSA) is 149 Å². The Morgan fingerprint density at radius 2 is 0.909 bits per heavy atom. The van der Waals surface area contributed by atoms with Crippen molar-refractivity contribution in [1.29, 1.82) is 0 Å². The monoisotopic (exact) mass is 786 g/mol. The van der Waals surface area contributed by atoms with E-state index < -0.39 is 49.5 Å². The van der Waals surface area contributed by atoms with Crippen LogP contribution in [0.4, 0.5) is 0 Å². The van der Waals surface area contributed by atoms with Gasteiger partial charge in [-0.2, -0.15) is 0 Å². The van der Waals surface area contributed by atoms with E-state index in [1.54, 1.807) is 0 Å². The molecule has 1 aliphatic heterocycles. The quantitative estimate of drug-likeness (QED) is 0.0337. The predicted octanol–water partition coefficient (Wildman–Crippen LogP) is 9.95. The molecule has 2 unspecified atom stereocenters. The largest absolute Gasteiger partial charge is 0.394 e. The van der Waals surface area contributed by atoms with Gasteiger partial charge in [-0.25, -0.2) is 0 Å². The first-order valence-corrected chi connectivity index (χ1v) is 23.7. The number of unbranched alkanes of at least 4 members (excludes halogenated alkanes) is 30. The second-order valence-corrected chi connectivity index (χ2v) is 16.9. The zero-order chi connectivity index (χ0) is 40.2. The summed E-state index contributed by atoms with van der Waals surface area (Å²) in [4.78, 5) is 13.0. The lowest BCUT2D eigenvalue weighted by molar-refractivity contribution is -0.302. The van der Waals surface area contributed by atoms with Crippen molar-refractivity contribution < 1.29 is 39.8 Å². The Morgan fingerprint density at radius 3 is 1.29 bits per heavy atom. The highest BCUT2D eigenvalue weighted by atomic mass is 16.7. The number of carbonyl (C=O) groups is 1. The fourth-order valence-electron chi connectivity index (χ4n) is 7.87. The summed E-state index contributed by atoms with van der Waals surface area (Å²) in [6.45, 7) is 3.85. The van der Waals surface area contributed by atoms with Crippen LogP contribution in [-0.4, -0.2) is 87.5 Å². The highest BCUT2D eigenvalue weighted by Crippen LogP contribution is 2.23. The fraction of sp³-hybridized carbons (Fsp3) is 0.978. The van der Waals surface area contributed by atoms with Crippen molar-refractivity contribution in [3.8, 4) is 0 Å². The maximum Gasteiger partial charge on any atom is 0.220 e. The molecule has 1 heterocycles. The van der Waals surface area contributed by atoms with Crippen LogP contribution in [0.2, 0.25) is 0 Å². The van der Waals surface area contributed by atoms with E-state index in [9.17, 15) is 30.3 Å². The molecule has 9 nitrogen and oxygen atoms in total. The number of rotatable bonds is 40. The van der Waals surface area contributed by atoms with Crippen molar-refractivity contribution in [2.75, 3.05) is 13.2 Å². The van der Waals surface area contributed by atoms with Gasteiger partial charge in [0.2, 0.25) is 5.91 Å². The Morgan fingerprint density at radius 1 is 0.545 bits per heavy atom. The van der Waals surface area contributed by atoms with Gasteiger partial charge in [-0.1, -0.05) is 213 Å². The van der Waals surface area contributed by atoms with Gasteiger partial charge in [-0.3, -0.25) is 4.79 Å². The molecule has 55 heavy (non-hydrogen) atoms. The summed E-state index contributed by atoms with van der Waals surface area (Å²) in [7, 11) is 0. The highest BCUT2D eigenvalue weighted by Gasteiger charge is 2.44. The van der Waals surface area contributed by atoms with Crippen LogP contribution in [0.1, 0.15) is 232 Å². The third-order valence-electron chi connectivity index (χ3n) is 11.7. The molecule has 0 radical (unpaired) electrons. The van der Waals surface area contributed by atoms with E-state index in [2.05, 4.69) is 19.2 Å². The minimum atomic E-state index is -1.55. The smallest absolute Gasteiger partial charge is 0.220 e. The molecule has 1 saturated heterocycles. The number of aliphatic hydroxyl groups is 5. The molecule has 1 amide bonds. The summed E-state index contributed by atoms with van der Waals surface area (Å²) in [5.74, 6) is -0.140. The molecule has 0 bridgehead atoms. The lowest BCUT2D eigenvalue weighted by atomic mass is 9.99. The standard InChI is InChI=1S/C46H91NO8/c1-3-5-7-9-11-13-15-17-19-20-22-24-26-28-30-32-34-36-42(50)47-39(38-54-46-45(53)44(52)43(51)41(37-48)55-46)40(49)35-33-31-29-27-25-23-21-18-16-14-12-10-8-6-4-2/h39-41,43-46,48-49,51-53H,3-38H2,1-2H3,(H,47,50)/t39-,40+,41+,43-,44?,45?,46+/m0/s1. The molecule has 0 aromatic carbocycles. The molecule has 6 N–H and O–H groups in total. The number of ether oxygens (including phenoxy) is 2. The van der Waals surface area contributed by atoms with Crippen LogP contribution in [-0.2, 0) is 14.3 Å². The SMILES string of the molecule is CCCCCCCCCCCCCCCCCCCC(=O)N[C@@H](CO[C@@H]1O[C@H](CO)[C@H](O)C(O)C1O)[C@H](O)CCCCCCCCCCCCCCCCC. The van der Waals surface area contributed by atoms with Crippen molar-refractivity contribution >= 4 is 5.91 Å². The van der Waals surface area contributed by atoms with Crippen LogP contribution in [0.15, 0.2) is 0 Å². The summed E-state index contributed by atoms with van der Waals surface area (Å²) in [6.07, 6.45) is 33.9. The van der Waals surface area contributed by atoms with Crippen molar-refractivity contribution in [2.24, 2.45) is 0 Å². The minimum absolute atomic E-state index is 0.132. The zero-order valence-corrected chi connectivity index (χ0v) is 36.0. The third-order valence-corrected chi connectivity index (χ3v) is 11.7. The lowest BCUT2D eigenvalue weighted by Crippen LogP contribution is -2.60. The van der Waals surface area contributed by atoms with Gasteiger partial charge < -0.3 is 40.3 Å². The maximum absolute atomic E-state index is 13.0. The van der Waals surface area contributed by atoms with Gasteiger partial charge in [-0.05, 0) is 12.8 Å². The van der Waals surface area contributed by atoms with Crippen LogP contribution < -0.4 is 5.32 Å². The Hall–Kier alpha value is -0.810. The van der Waals surface area contributed by atoms with E-state index in [4.69, 9.17) is 9.47 Å². The van der Waals surface area contributed by atoms with Crippen LogP contribution in [0.5, 0.6) is 0 Å². The molecule has 0 aromatic rings. The number of nitrogens with one attached hydrogen (secondary N) is 1. The molecule has 0 aliphatic carbocycles. The van der Waals surface area contributed by atoms with E-state index in [0.717, 1.165) is 38.5 Å². The van der Waals surface area contributed by atoms with Gasteiger partial charge in [0, 0.05) is 6.42 Å². The molecule has 0 spiro atoms. The van der Waals surface area contributed by atoms with Crippen LogP contribution in [0.25, 0.3) is 0 Å². The Bertz CT molecular complexity index is 832. The van der Waals surface area contributed by atoms with Crippen molar-refractivity contribution in [3.05, 3.63) is 0 Å². The first kappa shape index (κ1) is 52.2. The van der Waals surface area contributed by atoms with Gasteiger partial charge in [0.05, 0.1) is 25.4 Å². The number of hydrogen-bond donors (Lipinski definition) is 6. The van der Waals surface area contributed by atoms with Crippen LogP contribution in [0.3, 0.4) is 0 Å². The molecule has 1 aliphatic rings. The highest BCUT2D eigenvalue weighted by molar-refractivity contribution is 5.76. The number of aliphatic hydroxyl groups excluding tert-OH is 5. The molecular formula is C46H91NO8. The zero-order valence-electron chi connectivity index (χ0n) is 36.0. The first-order valence-electron chi connectivity index (χ1n) is 23.7. The number of hydrogen-bond acceptors (Lipinski definition) is 8. The first-order chi connectivity index (χ1) is 26.8. The van der Waals surface area contributed by atoms with E-state index in [1.807, 2.05) is 0 Å². The number of carbonyl (C=O) groups excluding carboxylic acids is 1. The van der Waals surface area contributed by atoms with E-state index >= 15 is 0 Å². The molecule has 7 atom stereocenters. The summed E-state index contributed by atoms with van der Waals surface area (Å²) >= 11 is 0. The minimum Gasteiger partial charge on any atom is -0.394 e. The lowest BCUT2D eigenvalue weighted by Gasteiger charge is -2.40. The van der Waals surface area contributed by atoms with Gasteiger partial charge >= 0.3 is 0 Å². The van der Waals surface area contributed by atoms with E-state index in [1.165, 1.54) is 167 Å². The molecule has 0 aromatic heterocycles. The summed E-state index contributed by atoms with van der Waals surface area (Å²) in [5.41, 5.74) is 0. The van der Waals surface area contributed by atoms with Gasteiger partial charge in [-0.15, -0.1) is 0 Å². The predicted molar refractivity (Wildman–Crippen MR) is 226 cm³/mol. The maximum atomic E-state index is 13.0. The second-order valence-electron chi connectivity index (χ2n) is 16.9. The molecule has 328 valence electrons. The second kappa shape index (κ2) is 37.5. The average molecular weight is 786 g/mol. The number of amides is 1. The van der Waals surface area contributed by atoms with Gasteiger partial charge in [0.15, 0.2) is 6.29 Å². The van der Waals surface area contributed by atoms with Gasteiger partial charge in [0.25, 0.3) is 0 Å². The third kappa shape index (κ3) is 28.3. The van der Waals surface area contributed by atoms with E-state index in [0.29, 0.717) is 12.8 Å². The van der Waals surface area contributed by atoms with Crippen molar-refractivity contribution in [2.45, 2.75) is 275 Å². The van der Waals surface area contributed by atoms with Gasteiger partial charge in [0.1, 0.15) is 24.4 Å². The Labute approximate surface area is 338 Å². The Balaban J connectivity index is 2.30. The molecular weight excluding hydrogens is 695 g/mol. The average Bonchev–Trinajstić information content (AvgIpc) is 3.18. The van der Waals surface area contributed by atoms with Crippen molar-refractivity contribution in [1.82, 2.24) is 5.32 Å².